The van der Waals surface area contributed by atoms with E-state index in [9.17, 15) is 9.59 Å². The van der Waals surface area contributed by atoms with Gasteiger partial charge in [-0.1, -0.05) is 40.2 Å². The Morgan fingerprint density at radius 1 is 1.00 bits per heavy atom. The summed E-state index contributed by atoms with van der Waals surface area (Å²) in [5, 5.41) is 4.01. The molecule has 4 rings (SSSR count). The van der Waals surface area contributed by atoms with E-state index in [0.29, 0.717) is 31.6 Å². The van der Waals surface area contributed by atoms with Gasteiger partial charge < -0.3 is 14.2 Å². The first-order chi connectivity index (χ1) is 15.9. The van der Waals surface area contributed by atoms with Gasteiger partial charge in [0.25, 0.3) is 5.91 Å². The number of hydrogen-bond acceptors (Lipinski definition) is 6. The highest BCUT2D eigenvalue weighted by molar-refractivity contribution is 9.11. The SMILES string of the molecule is O=C(Oc1c(Br)cc(Br)cc1/C=N\NC(=O)[C@@H]1COc2ccccc2O1)c1ccccc1Br. The highest BCUT2D eigenvalue weighted by atomic mass is 79.9. The van der Waals surface area contributed by atoms with Crippen molar-refractivity contribution in [3.05, 3.63) is 85.2 Å². The Balaban J connectivity index is 1.48. The van der Waals surface area contributed by atoms with Gasteiger partial charge >= 0.3 is 5.97 Å². The molecular formula is C23H15Br3N2O5. The molecule has 33 heavy (non-hydrogen) atoms. The molecule has 0 saturated carbocycles. The number of nitrogens with one attached hydrogen (secondary N) is 1. The molecule has 1 atom stereocenters. The van der Waals surface area contributed by atoms with Crippen molar-refractivity contribution in [2.75, 3.05) is 6.61 Å². The summed E-state index contributed by atoms with van der Waals surface area (Å²) >= 11 is 10.2. The van der Waals surface area contributed by atoms with Gasteiger partial charge in [-0.2, -0.15) is 5.10 Å². The molecule has 0 bridgehead atoms. The lowest BCUT2D eigenvalue weighted by Gasteiger charge is -2.24. The van der Waals surface area contributed by atoms with E-state index in [1.807, 2.05) is 6.07 Å². The molecule has 0 spiro atoms. The molecule has 0 unspecified atom stereocenters. The molecule has 0 fully saturated rings. The van der Waals surface area contributed by atoms with E-state index >= 15 is 0 Å². The average molecular weight is 639 g/mol. The van der Waals surface area contributed by atoms with Crippen LogP contribution in [-0.4, -0.2) is 30.8 Å². The van der Waals surface area contributed by atoms with Gasteiger partial charge in [-0.15, -0.1) is 0 Å². The summed E-state index contributed by atoms with van der Waals surface area (Å²) in [6.07, 6.45) is 0.535. The molecular weight excluding hydrogens is 624 g/mol. The second-order valence-corrected chi connectivity index (χ2v) is 9.40. The summed E-state index contributed by atoms with van der Waals surface area (Å²) in [7, 11) is 0. The number of hydrogen-bond donors (Lipinski definition) is 1. The maximum Gasteiger partial charge on any atom is 0.344 e. The predicted octanol–water partition coefficient (Wildman–Crippen LogP) is 5.48. The number of nitrogens with zero attached hydrogens (tertiary/aromatic N) is 1. The Labute approximate surface area is 214 Å². The van der Waals surface area contributed by atoms with Crippen LogP contribution >= 0.6 is 47.8 Å². The van der Waals surface area contributed by atoms with E-state index < -0.39 is 18.0 Å². The maximum atomic E-state index is 12.7. The highest BCUT2D eigenvalue weighted by Crippen LogP contribution is 2.33. The highest BCUT2D eigenvalue weighted by Gasteiger charge is 2.27. The summed E-state index contributed by atoms with van der Waals surface area (Å²) in [5.41, 5.74) is 3.27. The smallest absolute Gasteiger partial charge is 0.344 e. The number of fused-ring (bicyclic) bond motifs is 1. The van der Waals surface area contributed by atoms with Crippen LogP contribution in [-0.2, 0) is 4.79 Å². The van der Waals surface area contributed by atoms with Crippen molar-refractivity contribution < 1.29 is 23.8 Å². The Morgan fingerprint density at radius 2 is 1.73 bits per heavy atom. The number of amides is 1. The first-order valence-electron chi connectivity index (χ1n) is 9.59. The van der Waals surface area contributed by atoms with Gasteiger partial charge in [-0.25, -0.2) is 10.2 Å². The maximum absolute atomic E-state index is 12.7. The van der Waals surface area contributed by atoms with Crippen LogP contribution in [0.4, 0.5) is 0 Å². The lowest BCUT2D eigenvalue weighted by Crippen LogP contribution is -2.42. The van der Waals surface area contributed by atoms with Gasteiger partial charge in [-0.3, -0.25) is 4.79 Å². The van der Waals surface area contributed by atoms with Gasteiger partial charge in [0.05, 0.1) is 16.3 Å². The Morgan fingerprint density at radius 3 is 2.52 bits per heavy atom. The summed E-state index contributed by atoms with van der Waals surface area (Å²) < 4.78 is 18.7. The van der Waals surface area contributed by atoms with Crippen LogP contribution in [0.2, 0.25) is 0 Å². The fraction of sp³-hybridized carbons (Fsp3) is 0.0870. The standard InChI is InChI=1S/C23H15Br3N2O5/c24-14-9-13(21(17(26)10-14)33-23(30)15-5-1-2-6-16(15)25)11-27-28-22(29)20-12-31-18-7-3-4-8-19(18)32-20/h1-11,20H,12H2,(H,28,29)/b27-11-/t20-/m0/s1. The van der Waals surface area contributed by atoms with Crippen molar-refractivity contribution in [2.45, 2.75) is 6.10 Å². The van der Waals surface area contributed by atoms with Gasteiger partial charge in [0.2, 0.25) is 6.10 Å². The molecule has 1 N–H and O–H groups in total. The average Bonchev–Trinajstić information content (AvgIpc) is 2.81. The Bertz CT molecular complexity index is 1250. The summed E-state index contributed by atoms with van der Waals surface area (Å²) in [4.78, 5) is 25.2. The first-order valence-corrected chi connectivity index (χ1v) is 12.0. The van der Waals surface area contributed by atoms with E-state index in [1.165, 1.54) is 6.21 Å². The van der Waals surface area contributed by atoms with Crippen molar-refractivity contribution in [1.29, 1.82) is 0 Å². The zero-order valence-corrected chi connectivity index (χ0v) is 21.5. The third kappa shape index (κ3) is 5.63. The molecule has 0 saturated heterocycles. The zero-order chi connectivity index (χ0) is 23.4. The Kier molecular flexibility index (Phi) is 7.46. The molecule has 3 aromatic rings. The van der Waals surface area contributed by atoms with E-state index in [-0.39, 0.29) is 12.4 Å². The lowest BCUT2D eigenvalue weighted by atomic mass is 10.2. The number of carbonyl (C=O) groups excluding carboxylic acids is 2. The van der Waals surface area contributed by atoms with Gasteiger partial charge in [0.15, 0.2) is 17.2 Å². The van der Waals surface area contributed by atoms with Crippen LogP contribution < -0.4 is 19.6 Å². The third-order valence-electron chi connectivity index (χ3n) is 4.51. The second-order valence-electron chi connectivity index (χ2n) is 6.77. The van der Waals surface area contributed by atoms with E-state index in [1.54, 1.807) is 54.6 Å². The molecule has 1 aliphatic heterocycles. The number of para-hydroxylation sites is 2. The largest absolute Gasteiger partial charge is 0.485 e. The number of halogens is 3. The molecule has 168 valence electrons. The number of ether oxygens (including phenoxy) is 3. The van der Waals surface area contributed by atoms with E-state index in [2.05, 4.69) is 58.3 Å². The fourth-order valence-corrected chi connectivity index (χ4v) is 4.73. The van der Waals surface area contributed by atoms with Gasteiger partial charge in [0, 0.05) is 14.5 Å². The molecule has 10 heteroatoms. The molecule has 0 aromatic heterocycles. The molecule has 1 heterocycles. The monoisotopic (exact) mass is 636 g/mol. The Hall–Kier alpha value is -2.69. The quantitative estimate of drug-likeness (QED) is 0.173. The van der Waals surface area contributed by atoms with Crippen LogP contribution in [0.15, 0.2) is 79.2 Å². The summed E-state index contributed by atoms with van der Waals surface area (Å²) in [6.45, 7) is 0.0651. The van der Waals surface area contributed by atoms with Crippen LogP contribution in [0.5, 0.6) is 17.2 Å². The predicted molar refractivity (Wildman–Crippen MR) is 133 cm³/mol. The minimum atomic E-state index is -0.848. The van der Waals surface area contributed by atoms with Crippen LogP contribution in [0.25, 0.3) is 0 Å². The molecule has 7 nitrogen and oxygen atoms in total. The third-order valence-corrected chi connectivity index (χ3v) is 6.24. The lowest BCUT2D eigenvalue weighted by molar-refractivity contribution is -0.130. The van der Waals surface area contributed by atoms with Crippen LogP contribution in [0, 0.1) is 0 Å². The van der Waals surface area contributed by atoms with Crippen LogP contribution in [0.1, 0.15) is 15.9 Å². The number of rotatable bonds is 5. The molecule has 0 radical (unpaired) electrons. The van der Waals surface area contributed by atoms with Crippen molar-refractivity contribution >= 4 is 65.9 Å². The van der Waals surface area contributed by atoms with Crippen molar-refractivity contribution in [3.8, 4) is 17.2 Å². The van der Waals surface area contributed by atoms with Crippen molar-refractivity contribution in [3.63, 3.8) is 0 Å². The number of hydrazone groups is 1. The topological polar surface area (TPSA) is 86.2 Å². The molecule has 1 amide bonds. The van der Waals surface area contributed by atoms with E-state index in [4.69, 9.17) is 14.2 Å². The van der Waals surface area contributed by atoms with Crippen molar-refractivity contribution in [2.24, 2.45) is 5.10 Å². The van der Waals surface area contributed by atoms with Crippen molar-refractivity contribution in [1.82, 2.24) is 5.43 Å². The van der Waals surface area contributed by atoms with E-state index in [0.717, 1.165) is 4.47 Å². The van der Waals surface area contributed by atoms with Gasteiger partial charge in [-0.05, 0) is 68.3 Å². The minimum Gasteiger partial charge on any atom is -0.485 e. The number of esters is 1. The number of benzene rings is 3. The fourth-order valence-electron chi connectivity index (χ4n) is 2.94. The number of carbonyl (C=O) groups is 2. The summed E-state index contributed by atoms with van der Waals surface area (Å²) in [5.74, 6) is 0.311. The molecule has 3 aromatic carbocycles. The van der Waals surface area contributed by atoms with Crippen LogP contribution in [0.3, 0.4) is 0 Å². The van der Waals surface area contributed by atoms with Gasteiger partial charge in [0.1, 0.15) is 6.61 Å². The second kappa shape index (κ2) is 10.5. The first kappa shape index (κ1) is 23.5. The molecule has 1 aliphatic rings. The minimum absolute atomic E-state index is 0.0651. The zero-order valence-electron chi connectivity index (χ0n) is 16.8. The molecule has 0 aliphatic carbocycles. The normalized spacial score (nSPS) is 14.7. The summed E-state index contributed by atoms with van der Waals surface area (Å²) in [6, 6.07) is 17.5.